The summed E-state index contributed by atoms with van der Waals surface area (Å²) in [4.78, 5) is 24.3. The van der Waals surface area contributed by atoms with E-state index in [9.17, 15) is 23.1 Å². The number of carboxylic acids is 1. The first kappa shape index (κ1) is 16.4. The van der Waals surface area contributed by atoms with E-state index in [1.54, 1.807) is 13.0 Å². The van der Waals surface area contributed by atoms with E-state index in [2.05, 4.69) is 0 Å². The minimum atomic E-state index is -4.27. The van der Waals surface area contributed by atoms with Crippen molar-refractivity contribution in [2.75, 3.05) is 11.1 Å². The number of hydrogen-bond donors (Lipinski definition) is 1. The monoisotopic (exact) mass is 375 g/mol. The molecule has 0 radical (unpaired) electrons. The highest BCUT2D eigenvalue weighted by atomic mass is 32.2. The summed E-state index contributed by atoms with van der Waals surface area (Å²) in [6.07, 6.45) is 0. The smallest absolute Gasteiger partial charge is 0.335 e. The Bertz CT molecular complexity index is 1060. The zero-order chi connectivity index (χ0) is 18.6. The third-order valence-electron chi connectivity index (χ3n) is 4.33. The van der Waals surface area contributed by atoms with Crippen molar-refractivity contribution in [2.24, 2.45) is 0 Å². The zero-order valence-corrected chi connectivity index (χ0v) is 14.3. The molecule has 2 aliphatic rings. The van der Waals surface area contributed by atoms with Gasteiger partial charge in [-0.3, -0.25) is 4.79 Å². The van der Waals surface area contributed by atoms with E-state index in [1.807, 2.05) is 0 Å². The van der Waals surface area contributed by atoms with Crippen LogP contribution in [0.4, 0.5) is 5.69 Å². The number of Topliss-reactive ketones (excluding diaryl/α,β-unsaturated/α-hetero) is 1. The number of anilines is 1. The summed E-state index contributed by atoms with van der Waals surface area (Å²) in [7, 11) is -4.27. The van der Waals surface area contributed by atoms with Crippen molar-refractivity contribution < 1.29 is 32.6 Å². The van der Waals surface area contributed by atoms with E-state index in [0.29, 0.717) is 15.6 Å². The Kier molecular flexibility index (Phi) is 3.45. The second-order valence-electron chi connectivity index (χ2n) is 5.89. The van der Waals surface area contributed by atoms with Crippen molar-refractivity contribution in [1.82, 2.24) is 0 Å². The van der Waals surface area contributed by atoms with Crippen LogP contribution in [0.15, 0.2) is 41.3 Å². The summed E-state index contributed by atoms with van der Waals surface area (Å²) in [5.74, 6) is -1.62. The van der Waals surface area contributed by atoms with Crippen molar-refractivity contribution in [3.05, 3.63) is 47.5 Å². The highest BCUT2D eigenvalue weighted by Gasteiger charge is 2.48. The summed E-state index contributed by atoms with van der Waals surface area (Å²) in [6.45, 7) is 1.59. The lowest BCUT2D eigenvalue weighted by Gasteiger charge is -2.34. The van der Waals surface area contributed by atoms with Crippen molar-refractivity contribution in [3.8, 4) is 11.5 Å². The highest BCUT2D eigenvalue weighted by Crippen LogP contribution is 2.42. The van der Waals surface area contributed by atoms with E-state index >= 15 is 0 Å². The Labute approximate surface area is 148 Å². The summed E-state index contributed by atoms with van der Waals surface area (Å²) in [5, 5.41) is 9.60. The molecule has 26 heavy (non-hydrogen) atoms. The number of carbonyl (C=O) groups is 2. The van der Waals surface area contributed by atoms with Crippen LogP contribution in [0.5, 0.6) is 11.5 Å². The van der Waals surface area contributed by atoms with Crippen LogP contribution in [0.3, 0.4) is 0 Å². The molecule has 2 aliphatic heterocycles. The Balaban J connectivity index is 2.00. The first-order valence-electron chi connectivity index (χ1n) is 7.63. The number of fused-ring (bicyclic) bond motifs is 2. The van der Waals surface area contributed by atoms with Crippen LogP contribution in [-0.4, -0.2) is 38.1 Å². The van der Waals surface area contributed by atoms with Gasteiger partial charge in [-0.15, -0.1) is 0 Å². The number of sulfonamides is 1. The maximum absolute atomic E-state index is 13.2. The number of nitrogens with zero attached hydrogens (tertiary/aromatic N) is 1. The minimum Gasteiger partial charge on any atom is -0.479 e. The summed E-state index contributed by atoms with van der Waals surface area (Å²) in [5.41, 5.74) is 0.371. The lowest BCUT2D eigenvalue weighted by atomic mass is 10.0. The van der Waals surface area contributed by atoms with E-state index in [4.69, 9.17) is 9.47 Å². The third-order valence-corrected chi connectivity index (χ3v) is 6.17. The van der Waals surface area contributed by atoms with Crippen molar-refractivity contribution in [2.45, 2.75) is 17.9 Å². The molecule has 0 aliphatic carbocycles. The molecule has 0 spiro atoms. The molecular weight excluding hydrogens is 362 g/mol. The Morgan fingerprint density at radius 2 is 1.85 bits per heavy atom. The molecule has 0 saturated heterocycles. The fourth-order valence-corrected chi connectivity index (χ4v) is 4.97. The highest BCUT2D eigenvalue weighted by molar-refractivity contribution is 7.93. The maximum Gasteiger partial charge on any atom is 0.335 e. The zero-order valence-electron chi connectivity index (χ0n) is 13.5. The first-order chi connectivity index (χ1) is 12.3. The van der Waals surface area contributed by atoms with E-state index in [1.165, 1.54) is 30.3 Å². The van der Waals surface area contributed by atoms with Gasteiger partial charge < -0.3 is 14.6 Å². The number of aryl methyl sites for hydroxylation is 1. The molecule has 1 atom stereocenters. The Morgan fingerprint density at radius 3 is 2.54 bits per heavy atom. The van der Waals surface area contributed by atoms with Crippen LogP contribution in [0.2, 0.25) is 0 Å². The van der Waals surface area contributed by atoms with Gasteiger partial charge in [0.15, 0.2) is 17.3 Å². The number of ketones is 1. The van der Waals surface area contributed by atoms with Gasteiger partial charge in [-0.1, -0.05) is 12.1 Å². The summed E-state index contributed by atoms with van der Waals surface area (Å²) >= 11 is 0. The van der Waals surface area contributed by atoms with Crippen LogP contribution in [0, 0.1) is 6.92 Å². The molecule has 0 bridgehead atoms. The lowest BCUT2D eigenvalue weighted by Crippen LogP contribution is -2.54. The molecule has 0 amide bonds. The second-order valence-corrected chi connectivity index (χ2v) is 7.68. The fraction of sp³-hybridized carbons (Fsp3) is 0.176. The molecule has 2 aromatic rings. The van der Waals surface area contributed by atoms with Gasteiger partial charge in [0.2, 0.25) is 12.8 Å². The van der Waals surface area contributed by atoms with Crippen molar-refractivity contribution in [1.29, 1.82) is 0 Å². The molecule has 134 valence electrons. The average molecular weight is 375 g/mol. The molecule has 0 aromatic heterocycles. The quantitative estimate of drug-likeness (QED) is 0.793. The molecule has 0 saturated carbocycles. The maximum atomic E-state index is 13.2. The molecule has 1 unspecified atom stereocenters. The number of aliphatic carboxylic acids is 1. The minimum absolute atomic E-state index is 0.0188. The fourth-order valence-electron chi connectivity index (χ4n) is 3.14. The van der Waals surface area contributed by atoms with Crippen molar-refractivity contribution in [3.63, 3.8) is 0 Å². The SMILES string of the molecule is Cc1cc2c(cc1N1C(C(=O)O)C(=O)c3ccccc3S1(=O)=O)OCO2. The normalized spacial score (nSPS) is 20.0. The van der Waals surface area contributed by atoms with Gasteiger partial charge in [-0.25, -0.2) is 17.5 Å². The number of carbonyl (C=O) groups excluding carboxylic acids is 1. The van der Waals surface area contributed by atoms with Crippen LogP contribution in [0.25, 0.3) is 0 Å². The van der Waals surface area contributed by atoms with Crippen LogP contribution < -0.4 is 13.8 Å². The second kappa shape index (κ2) is 5.46. The molecule has 2 aromatic carbocycles. The number of hydrogen-bond acceptors (Lipinski definition) is 6. The van der Waals surface area contributed by atoms with Crippen LogP contribution in [0.1, 0.15) is 15.9 Å². The van der Waals surface area contributed by atoms with E-state index in [-0.39, 0.29) is 28.7 Å². The lowest BCUT2D eigenvalue weighted by molar-refractivity contribution is -0.137. The largest absolute Gasteiger partial charge is 0.479 e. The third kappa shape index (κ3) is 2.17. The van der Waals surface area contributed by atoms with Crippen LogP contribution in [-0.2, 0) is 14.8 Å². The van der Waals surface area contributed by atoms with E-state index < -0.39 is 27.8 Å². The molecule has 2 heterocycles. The summed E-state index contributed by atoms with van der Waals surface area (Å²) in [6, 6.07) is 6.62. The van der Waals surface area contributed by atoms with Gasteiger partial charge in [0, 0.05) is 11.6 Å². The van der Waals surface area contributed by atoms with Crippen LogP contribution >= 0.6 is 0 Å². The first-order valence-corrected chi connectivity index (χ1v) is 9.07. The molecule has 4 rings (SSSR count). The van der Waals surface area contributed by atoms with Gasteiger partial charge in [0.25, 0.3) is 10.0 Å². The predicted octanol–water partition coefficient (Wildman–Crippen LogP) is 1.57. The van der Waals surface area contributed by atoms with Gasteiger partial charge in [0.1, 0.15) is 0 Å². The average Bonchev–Trinajstić information content (AvgIpc) is 3.04. The molecule has 9 heteroatoms. The molecular formula is C17H13NO7S. The van der Waals surface area contributed by atoms with Gasteiger partial charge >= 0.3 is 5.97 Å². The number of carboxylic acid groups (broad SMARTS) is 1. The predicted molar refractivity (Wildman–Crippen MR) is 89.2 cm³/mol. The number of rotatable bonds is 2. The molecule has 1 N–H and O–H groups in total. The van der Waals surface area contributed by atoms with Crippen molar-refractivity contribution >= 4 is 27.5 Å². The molecule has 0 fully saturated rings. The Morgan fingerprint density at radius 1 is 1.19 bits per heavy atom. The topological polar surface area (TPSA) is 110 Å². The van der Waals surface area contributed by atoms with Gasteiger partial charge in [-0.2, -0.15) is 0 Å². The Hall–Kier alpha value is -3.07. The summed E-state index contributed by atoms with van der Waals surface area (Å²) < 4.78 is 37.5. The molecule has 8 nitrogen and oxygen atoms in total. The van der Waals surface area contributed by atoms with E-state index in [0.717, 1.165) is 0 Å². The number of benzene rings is 2. The van der Waals surface area contributed by atoms with Gasteiger partial charge in [-0.05, 0) is 30.7 Å². The number of ether oxygens (including phenoxy) is 2. The van der Waals surface area contributed by atoms with Gasteiger partial charge in [0.05, 0.1) is 10.6 Å². The standard InChI is InChI=1S/C17H13NO7S/c1-9-6-12-13(25-8-24-12)7-11(9)18-15(17(20)21)16(19)10-4-2-3-5-14(10)26(18,22)23/h2-7,15H,8H2,1H3,(H,20,21).